The number of aromatic nitrogens is 2. The Morgan fingerprint density at radius 3 is 2.59 bits per heavy atom. The number of nitrogens with zero attached hydrogens (tertiary/aromatic N) is 3. The molecule has 0 spiro atoms. The molecule has 1 aromatic heterocycles. The zero-order chi connectivity index (χ0) is 24.6. The second-order valence-corrected chi connectivity index (χ2v) is 11.2. The van der Waals surface area contributed by atoms with Crippen LogP contribution in [0.25, 0.3) is 0 Å². The predicted molar refractivity (Wildman–Crippen MR) is 124 cm³/mol. The predicted octanol–water partition coefficient (Wildman–Crippen LogP) is 2.01. The van der Waals surface area contributed by atoms with Gasteiger partial charge in [-0.1, -0.05) is 23.2 Å². The van der Waals surface area contributed by atoms with Crippen LogP contribution in [0.15, 0.2) is 38.7 Å². The number of carbonyl (C=O) groups excluding carboxylic acids is 2. The Balaban J connectivity index is 1.54. The highest BCUT2D eigenvalue weighted by molar-refractivity contribution is 8.00. The van der Waals surface area contributed by atoms with Crippen LogP contribution >= 0.6 is 11.8 Å². The Morgan fingerprint density at radius 1 is 1.18 bits per heavy atom. The van der Waals surface area contributed by atoms with Crippen molar-refractivity contribution in [1.82, 2.24) is 20.9 Å². The summed E-state index contributed by atoms with van der Waals surface area (Å²) in [4.78, 5) is 25.4. The first-order valence-electron chi connectivity index (χ1n) is 10.9. The molecule has 0 saturated heterocycles. The smallest absolute Gasteiger partial charge is 0.230 e. The van der Waals surface area contributed by atoms with Crippen molar-refractivity contribution in [2.75, 3.05) is 18.1 Å². The largest absolute Gasteiger partial charge is 0.350 e. The first-order valence-corrected chi connectivity index (χ1v) is 13.6. The van der Waals surface area contributed by atoms with Crippen molar-refractivity contribution in [3.05, 3.63) is 35.7 Å². The lowest BCUT2D eigenvalue weighted by molar-refractivity contribution is -0.127. The zero-order valence-corrected chi connectivity index (χ0v) is 20.5. The molecule has 1 aromatic carbocycles. The van der Waals surface area contributed by atoms with Gasteiger partial charge in [0.2, 0.25) is 11.8 Å². The number of hydrogen-bond acceptors (Lipinski definition) is 9. The van der Waals surface area contributed by atoms with Crippen molar-refractivity contribution in [1.29, 1.82) is 5.26 Å². The monoisotopic (exact) mass is 505 g/mol. The van der Waals surface area contributed by atoms with Crippen molar-refractivity contribution in [3.8, 4) is 6.07 Å². The first-order chi connectivity index (χ1) is 16.3. The summed E-state index contributed by atoms with van der Waals surface area (Å²) >= 11 is 1.29. The molecule has 34 heavy (non-hydrogen) atoms. The molecule has 0 radical (unpaired) electrons. The van der Waals surface area contributed by atoms with E-state index in [0.717, 1.165) is 17.7 Å². The van der Waals surface area contributed by atoms with E-state index in [0.29, 0.717) is 24.2 Å². The van der Waals surface area contributed by atoms with Crippen LogP contribution in [-0.4, -0.2) is 48.6 Å². The van der Waals surface area contributed by atoms with E-state index in [1.807, 2.05) is 6.07 Å². The number of rotatable bonds is 10. The van der Waals surface area contributed by atoms with E-state index in [9.17, 15) is 18.0 Å². The van der Waals surface area contributed by atoms with E-state index in [-0.39, 0.29) is 47.2 Å². The molecular formula is C22H27N5O5S2. The fourth-order valence-corrected chi connectivity index (χ4v) is 6.36. The summed E-state index contributed by atoms with van der Waals surface area (Å²) in [6.45, 7) is 1.88. The minimum atomic E-state index is -3.59. The minimum Gasteiger partial charge on any atom is -0.350 e. The lowest BCUT2D eigenvalue weighted by Gasteiger charge is -2.30. The van der Waals surface area contributed by atoms with Crippen molar-refractivity contribution in [2.24, 2.45) is 11.8 Å². The number of amides is 2. The van der Waals surface area contributed by atoms with Crippen LogP contribution in [0.3, 0.4) is 0 Å². The van der Waals surface area contributed by atoms with E-state index in [1.54, 1.807) is 19.1 Å². The zero-order valence-electron chi connectivity index (χ0n) is 18.8. The fourth-order valence-electron chi connectivity index (χ4n) is 3.92. The van der Waals surface area contributed by atoms with Crippen LogP contribution in [0.5, 0.6) is 0 Å². The van der Waals surface area contributed by atoms with Crippen molar-refractivity contribution in [2.45, 2.75) is 48.9 Å². The number of benzene rings is 1. The van der Waals surface area contributed by atoms with Gasteiger partial charge in [-0.3, -0.25) is 9.59 Å². The van der Waals surface area contributed by atoms with Gasteiger partial charge in [-0.2, -0.15) is 5.26 Å². The van der Waals surface area contributed by atoms with E-state index < -0.39 is 15.8 Å². The van der Waals surface area contributed by atoms with Gasteiger partial charge in [0.1, 0.15) is 17.9 Å². The lowest BCUT2D eigenvalue weighted by Crippen LogP contribution is -2.39. The van der Waals surface area contributed by atoms with Crippen molar-refractivity contribution < 1.29 is 22.6 Å². The van der Waals surface area contributed by atoms with Crippen LogP contribution in [0.1, 0.15) is 37.1 Å². The number of sulfone groups is 1. The molecule has 0 bridgehead atoms. The summed E-state index contributed by atoms with van der Waals surface area (Å²) in [7, 11) is -3.59. The molecule has 1 aliphatic carbocycles. The molecular weight excluding hydrogens is 478 g/mol. The van der Waals surface area contributed by atoms with Crippen LogP contribution in [0, 0.1) is 30.1 Å². The molecule has 2 atom stereocenters. The molecule has 10 nitrogen and oxygen atoms in total. The lowest BCUT2D eigenvalue weighted by atomic mass is 9.80. The molecule has 1 fully saturated rings. The summed E-state index contributed by atoms with van der Waals surface area (Å²) < 4.78 is 30.6. The molecule has 3 rings (SSSR count). The van der Waals surface area contributed by atoms with E-state index in [4.69, 9.17) is 5.26 Å². The summed E-state index contributed by atoms with van der Waals surface area (Å²) in [6, 6.07) is 8.30. The number of carbonyl (C=O) groups is 2. The number of hydrogen-bond donors (Lipinski definition) is 2. The van der Waals surface area contributed by atoms with Gasteiger partial charge in [-0.05, 0) is 49.9 Å². The highest BCUT2D eigenvalue weighted by atomic mass is 32.2. The van der Waals surface area contributed by atoms with Crippen LogP contribution in [0.4, 0.5) is 0 Å². The third kappa shape index (κ3) is 7.04. The highest BCUT2D eigenvalue weighted by Gasteiger charge is 2.34. The van der Waals surface area contributed by atoms with Crippen molar-refractivity contribution in [3.63, 3.8) is 0 Å². The SMILES string of the molecule is Cc1nonc1CNC(=O)CSc1ccc(S(=O)(=O)CC2CCCCC2C(=O)NCC#N)cc1. The molecule has 2 N–H and O–H groups in total. The maximum atomic E-state index is 13.0. The van der Waals surface area contributed by atoms with E-state index in [1.165, 1.54) is 23.9 Å². The third-order valence-electron chi connectivity index (χ3n) is 5.77. The first kappa shape index (κ1) is 25.7. The molecule has 0 aliphatic heterocycles. The second-order valence-electron chi connectivity index (χ2n) is 8.14. The normalized spacial score (nSPS) is 18.1. The third-order valence-corrected chi connectivity index (χ3v) is 8.64. The van der Waals surface area contributed by atoms with Gasteiger partial charge in [0, 0.05) is 10.8 Å². The van der Waals surface area contributed by atoms with E-state index in [2.05, 4.69) is 25.6 Å². The van der Waals surface area contributed by atoms with Crippen LogP contribution < -0.4 is 10.6 Å². The summed E-state index contributed by atoms with van der Waals surface area (Å²) in [5.74, 6) is -1.06. The minimum absolute atomic E-state index is 0.0803. The number of nitrogens with one attached hydrogen (secondary N) is 2. The topological polar surface area (TPSA) is 155 Å². The van der Waals surface area contributed by atoms with Gasteiger partial charge in [0.25, 0.3) is 0 Å². The molecule has 2 aromatic rings. The molecule has 182 valence electrons. The van der Waals surface area contributed by atoms with Gasteiger partial charge >= 0.3 is 0 Å². The molecule has 1 saturated carbocycles. The van der Waals surface area contributed by atoms with Gasteiger partial charge in [-0.15, -0.1) is 11.8 Å². The molecule has 2 amide bonds. The maximum Gasteiger partial charge on any atom is 0.230 e. The Kier molecular flexibility index (Phi) is 9.06. The fraction of sp³-hybridized carbons (Fsp3) is 0.500. The van der Waals surface area contributed by atoms with E-state index >= 15 is 0 Å². The summed E-state index contributed by atoms with van der Waals surface area (Å²) in [5.41, 5.74) is 1.18. The number of nitriles is 1. The Bertz CT molecular complexity index is 1140. The Labute approximate surface area is 202 Å². The molecule has 2 unspecified atom stereocenters. The van der Waals surface area contributed by atoms with Crippen LogP contribution in [-0.2, 0) is 26.0 Å². The molecule has 1 aliphatic rings. The van der Waals surface area contributed by atoms with Gasteiger partial charge < -0.3 is 10.6 Å². The summed E-state index contributed by atoms with van der Waals surface area (Å²) in [6.07, 6.45) is 3.04. The molecule has 1 heterocycles. The van der Waals surface area contributed by atoms with Gasteiger partial charge in [0.15, 0.2) is 9.84 Å². The standard InChI is InChI=1S/C22H27N5O5S2/c1-15-20(27-32-26-15)12-25-21(28)13-33-17-6-8-18(9-7-17)34(30,31)14-16-4-2-3-5-19(16)22(29)24-11-10-23/h6-9,16,19H,2-5,11-14H2,1H3,(H,24,29)(H,25,28). The quantitative estimate of drug-likeness (QED) is 0.364. The number of aryl methyl sites for hydroxylation is 1. The number of thioether (sulfide) groups is 1. The Hall–Kier alpha value is -2.91. The highest BCUT2D eigenvalue weighted by Crippen LogP contribution is 2.33. The van der Waals surface area contributed by atoms with Crippen LogP contribution in [0.2, 0.25) is 0 Å². The van der Waals surface area contributed by atoms with Crippen molar-refractivity contribution >= 4 is 33.4 Å². The van der Waals surface area contributed by atoms with Gasteiger partial charge in [-0.25, -0.2) is 13.0 Å². The average Bonchev–Trinajstić information content (AvgIpc) is 3.24. The molecule has 12 heteroatoms. The summed E-state index contributed by atoms with van der Waals surface area (Å²) in [5, 5.41) is 21.4. The maximum absolute atomic E-state index is 13.0. The Morgan fingerprint density at radius 2 is 1.91 bits per heavy atom. The average molecular weight is 506 g/mol. The van der Waals surface area contributed by atoms with Gasteiger partial charge in [0.05, 0.1) is 29.0 Å². The second kappa shape index (κ2) is 12.0.